The van der Waals surface area contributed by atoms with Crippen LogP contribution in [0, 0.1) is 0 Å². The standard InChI is InChI=1S/C18H20Cl2N4O2S/c19-16-2-1-13(5-17(16)20)9-24-3-4-26-14(10-24)6-23-18(25)11-27-15-7-21-12-22-8-15/h1-2,5,7-8,12,14H,3-4,6,9-11H2,(H,23,25). The zero-order valence-corrected chi connectivity index (χ0v) is 16.9. The van der Waals surface area contributed by atoms with Gasteiger partial charge in [-0.15, -0.1) is 11.8 Å². The third kappa shape index (κ3) is 6.62. The monoisotopic (exact) mass is 426 g/mol. The zero-order chi connectivity index (χ0) is 19.1. The Morgan fingerprint density at radius 1 is 1.30 bits per heavy atom. The number of carbonyl (C=O) groups is 1. The fourth-order valence-corrected chi connectivity index (χ4v) is 3.72. The predicted octanol–water partition coefficient (Wildman–Crippen LogP) is 2.89. The summed E-state index contributed by atoms with van der Waals surface area (Å²) in [5.74, 6) is 0.293. The summed E-state index contributed by atoms with van der Waals surface area (Å²) in [5, 5.41) is 4.05. The van der Waals surface area contributed by atoms with Crippen molar-refractivity contribution >= 4 is 40.9 Å². The van der Waals surface area contributed by atoms with Crippen LogP contribution in [0.1, 0.15) is 5.56 Å². The van der Waals surface area contributed by atoms with Gasteiger partial charge in [0.1, 0.15) is 6.33 Å². The largest absolute Gasteiger partial charge is 0.374 e. The summed E-state index contributed by atoms with van der Waals surface area (Å²) in [6.45, 7) is 3.49. The number of benzene rings is 1. The minimum Gasteiger partial charge on any atom is -0.374 e. The smallest absolute Gasteiger partial charge is 0.230 e. The Morgan fingerprint density at radius 3 is 2.89 bits per heavy atom. The van der Waals surface area contributed by atoms with Gasteiger partial charge in [0.2, 0.25) is 5.91 Å². The summed E-state index contributed by atoms with van der Waals surface area (Å²) in [7, 11) is 0. The Morgan fingerprint density at radius 2 is 2.11 bits per heavy atom. The number of halogens is 2. The molecule has 144 valence electrons. The van der Waals surface area contributed by atoms with Gasteiger partial charge in [-0.25, -0.2) is 9.97 Å². The van der Waals surface area contributed by atoms with E-state index in [-0.39, 0.29) is 12.0 Å². The average molecular weight is 427 g/mol. The number of aromatic nitrogens is 2. The fourth-order valence-electron chi connectivity index (χ4n) is 2.73. The minimum absolute atomic E-state index is 0.0319. The lowest BCUT2D eigenvalue weighted by atomic mass is 10.2. The van der Waals surface area contributed by atoms with E-state index in [0.717, 1.165) is 30.1 Å². The SMILES string of the molecule is O=C(CSc1cncnc1)NCC1CN(Cc2ccc(Cl)c(Cl)c2)CCO1. The molecule has 1 unspecified atom stereocenters. The number of amides is 1. The van der Waals surface area contributed by atoms with Gasteiger partial charge >= 0.3 is 0 Å². The van der Waals surface area contributed by atoms with E-state index in [1.54, 1.807) is 12.4 Å². The normalized spacial score (nSPS) is 17.6. The van der Waals surface area contributed by atoms with Crippen LogP contribution in [-0.4, -0.2) is 58.9 Å². The second-order valence-electron chi connectivity index (χ2n) is 6.14. The highest BCUT2D eigenvalue weighted by atomic mass is 35.5. The van der Waals surface area contributed by atoms with E-state index in [2.05, 4.69) is 20.2 Å². The van der Waals surface area contributed by atoms with Gasteiger partial charge in [-0.3, -0.25) is 9.69 Å². The molecular weight excluding hydrogens is 407 g/mol. The molecule has 0 radical (unpaired) electrons. The summed E-state index contributed by atoms with van der Waals surface area (Å²) >= 11 is 13.5. The second-order valence-corrected chi connectivity index (χ2v) is 8.01. The molecule has 1 N–H and O–H groups in total. The number of hydrogen-bond donors (Lipinski definition) is 1. The van der Waals surface area contributed by atoms with Crippen LogP contribution in [0.3, 0.4) is 0 Å². The van der Waals surface area contributed by atoms with Gasteiger partial charge in [0.15, 0.2) is 0 Å². The molecule has 1 fully saturated rings. The van der Waals surface area contributed by atoms with Crippen LogP contribution in [0.25, 0.3) is 0 Å². The van der Waals surface area contributed by atoms with Gasteiger partial charge in [0.05, 0.1) is 28.5 Å². The van der Waals surface area contributed by atoms with E-state index in [4.69, 9.17) is 27.9 Å². The van der Waals surface area contributed by atoms with Crippen molar-refractivity contribution in [2.45, 2.75) is 17.5 Å². The Kier molecular flexibility index (Phi) is 7.72. The van der Waals surface area contributed by atoms with Gasteiger partial charge in [-0.05, 0) is 17.7 Å². The lowest BCUT2D eigenvalue weighted by molar-refractivity contribution is -0.119. The molecule has 3 rings (SSSR count). The van der Waals surface area contributed by atoms with Crippen LogP contribution in [-0.2, 0) is 16.1 Å². The first-order valence-electron chi connectivity index (χ1n) is 8.52. The number of nitrogens with zero attached hydrogens (tertiary/aromatic N) is 3. The van der Waals surface area contributed by atoms with Gasteiger partial charge in [0, 0.05) is 43.5 Å². The highest BCUT2D eigenvalue weighted by Gasteiger charge is 2.21. The number of carbonyl (C=O) groups excluding carboxylic acids is 1. The maximum absolute atomic E-state index is 12.0. The van der Waals surface area contributed by atoms with Gasteiger partial charge in [-0.2, -0.15) is 0 Å². The number of rotatable bonds is 7. The molecule has 1 aromatic heterocycles. The molecule has 2 aromatic rings. The highest BCUT2D eigenvalue weighted by Crippen LogP contribution is 2.23. The summed E-state index contributed by atoms with van der Waals surface area (Å²) in [6, 6.07) is 5.68. The van der Waals surface area contributed by atoms with Crippen molar-refractivity contribution in [1.29, 1.82) is 0 Å². The van der Waals surface area contributed by atoms with Crippen LogP contribution in [0.5, 0.6) is 0 Å². The maximum atomic E-state index is 12.0. The number of thioether (sulfide) groups is 1. The number of ether oxygens (including phenoxy) is 1. The van der Waals surface area contributed by atoms with Crippen molar-refractivity contribution < 1.29 is 9.53 Å². The molecule has 1 saturated heterocycles. The quantitative estimate of drug-likeness (QED) is 0.686. The molecule has 1 amide bonds. The van der Waals surface area contributed by atoms with E-state index in [9.17, 15) is 4.79 Å². The molecule has 0 saturated carbocycles. The van der Waals surface area contributed by atoms with Crippen LogP contribution < -0.4 is 5.32 Å². The first-order valence-corrected chi connectivity index (χ1v) is 10.3. The van der Waals surface area contributed by atoms with Crippen LogP contribution in [0.15, 0.2) is 41.8 Å². The summed E-state index contributed by atoms with van der Waals surface area (Å²) in [4.78, 5) is 23.0. The van der Waals surface area contributed by atoms with Crippen molar-refractivity contribution in [1.82, 2.24) is 20.2 Å². The minimum atomic E-state index is -0.0333. The Hall–Kier alpha value is -1.38. The first-order chi connectivity index (χ1) is 13.1. The average Bonchev–Trinajstić information content (AvgIpc) is 2.69. The molecule has 9 heteroatoms. The van der Waals surface area contributed by atoms with E-state index < -0.39 is 0 Å². The van der Waals surface area contributed by atoms with Crippen molar-refractivity contribution in [3.63, 3.8) is 0 Å². The molecule has 0 bridgehead atoms. The first kappa shape index (κ1) is 20.4. The molecule has 1 atom stereocenters. The topological polar surface area (TPSA) is 67.4 Å². The second kappa shape index (κ2) is 10.2. The van der Waals surface area contributed by atoms with Crippen molar-refractivity contribution in [2.24, 2.45) is 0 Å². The van der Waals surface area contributed by atoms with Crippen molar-refractivity contribution in [2.75, 3.05) is 32.0 Å². The third-order valence-electron chi connectivity index (χ3n) is 4.05. The van der Waals surface area contributed by atoms with E-state index in [1.807, 2.05) is 18.2 Å². The van der Waals surface area contributed by atoms with Gasteiger partial charge in [0.25, 0.3) is 0 Å². The van der Waals surface area contributed by atoms with Crippen molar-refractivity contribution in [3.05, 3.63) is 52.5 Å². The molecule has 1 aromatic carbocycles. The van der Waals surface area contributed by atoms with E-state index in [1.165, 1.54) is 18.1 Å². The molecule has 1 aliphatic rings. The lowest BCUT2D eigenvalue weighted by Gasteiger charge is -2.33. The van der Waals surface area contributed by atoms with Crippen LogP contribution in [0.2, 0.25) is 10.0 Å². The Labute approximate surface area is 172 Å². The summed E-state index contributed by atoms with van der Waals surface area (Å²) in [5.41, 5.74) is 1.11. The lowest BCUT2D eigenvalue weighted by Crippen LogP contribution is -2.47. The third-order valence-corrected chi connectivity index (χ3v) is 5.74. The molecule has 0 spiro atoms. The zero-order valence-electron chi connectivity index (χ0n) is 14.6. The number of nitrogens with one attached hydrogen (secondary N) is 1. The predicted molar refractivity (Wildman–Crippen MR) is 107 cm³/mol. The van der Waals surface area contributed by atoms with E-state index >= 15 is 0 Å². The molecule has 2 heterocycles. The van der Waals surface area contributed by atoms with Crippen molar-refractivity contribution in [3.8, 4) is 0 Å². The van der Waals surface area contributed by atoms with E-state index in [0.29, 0.717) is 28.9 Å². The molecule has 6 nitrogen and oxygen atoms in total. The number of morpholine rings is 1. The van der Waals surface area contributed by atoms with Gasteiger partial charge < -0.3 is 10.1 Å². The van der Waals surface area contributed by atoms with Gasteiger partial charge in [-0.1, -0.05) is 29.3 Å². The maximum Gasteiger partial charge on any atom is 0.230 e. The van der Waals surface area contributed by atoms with Crippen LogP contribution >= 0.6 is 35.0 Å². The fraction of sp³-hybridized carbons (Fsp3) is 0.389. The highest BCUT2D eigenvalue weighted by molar-refractivity contribution is 8.00. The molecule has 1 aliphatic heterocycles. The van der Waals surface area contributed by atoms with Crippen LogP contribution in [0.4, 0.5) is 0 Å². The number of hydrogen-bond acceptors (Lipinski definition) is 6. The summed E-state index contributed by atoms with van der Waals surface area (Å²) < 4.78 is 5.77. The molecule has 0 aliphatic carbocycles. The summed E-state index contributed by atoms with van der Waals surface area (Å²) in [6.07, 6.45) is 4.82. The Balaban J connectivity index is 1.41. The molecular formula is C18H20Cl2N4O2S. The molecule has 27 heavy (non-hydrogen) atoms. The Bertz CT molecular complexity index is 766.